The molecule has 8 nitrogen and oxygen atoms in total. The molecule has 0 aromatic heterocycles. The molecular weight excluding hydrogens is 346 g/mol. The van der Waals surface area contributed by atoms with Gasteiger partial charge in [0.1, 0.15) is 12.6 Å². The summed E-state index contributed by atoms with van der Waals surface area (Å²) in [5, 5.41) is 10.5. The minimum Gasteiger partial charge on any atom is -0.460 e. The zero-order chi connectivity index (χ0) is 15.1. The first-order chi connectivity index (χ1) is 9.40. The van der Waals surface area contributed by atoms with Crippen LogP contribution in [0, 0.1) is 10.1 Å². The van der Waals surface area contributed by atoms with Gasteiger partial charge in [-0.15, -0.1) is 17.0 Å². The Morgan fingerprint density at radius 1 is 1.29 bits per heavy atom. The number of ether oxygens (including phenoxy) is 1. The van der Waals surface area contributed by atoms with Gasteiger partial charge in [-0.1, -0.05) is 0 Å². The number of nitro benzene ring substituents is 1. The second kappa shape index (κ2) is 9.03. The van der Waals surface area contributed by atoms with Crippen molar-refractivity contribution in [3.8, 4) is 0 Å². The molecule has 0 fully saturated rings. The summed E-state index contributed by atoms with van der Waals surface area (Å²) in [4.78, 5) is 32.0. The number of hydrogen-bond acceptors (Lipinski definition) is 6. The van der Waals surface area contributed by atoms with Crippen LogP contribution < -0.4 is 11.5 Å². The average Bonchev–Trinajstić information content (AvgIpc) is 2.42. The lowest BCUT2D eigenvalue weighted by atomic mass is 10.1. The molecule has 116 valence electrons. The van der Waals surface area contributed by atoms with Gasteiger partial charge in [0.25, 0.3) is 5.69 Å². The van der Waals surface area contributed by atoms with Crippen molar-refractivity contribution < 1.29 is 19.2 Å². The largest absolute Gasteiger partial charge is 0.460 e. The number of amides is 1. The third-order valence-corrected chi connectivity index (χ3v) is 2.53. The van der Waals surface area contributed by atoms with Crippen molar-refractivity contribution >= 4 is 34.5 Å². The van der Waals surface area contributed by atoms with Crippen molar-refractivity contribution in [3.63, 3.8) is 0 Å². The number of hydrogen-bond donors (Lipinski definition) is 2. The highest BCUT2D eigenvalue weighted by Gasteiger charge is 2.16. The molecule has 1 aromatic rings. The second-order valence-electron chi connectivity index (χ2n) is 4.14. The molecule has 21 heavy (non-hydrogen) atoms. The van der Waals surface area contributed by atoms with Crippen molar-refractivity contribution in [3.05, 3.63) is 39.9 Å². The second-order valence-corrected chi connectivity index (χ2v) is 4.14. The van der Waals surface area contributed by atoms with Gasteiger partial charge in [0.15, 0.2) is 0 Å². The van der Waals surface area contributed by atoms with E-state index in [2.05, 4.69) is 0 Å². The summed E-state index contributed by atoms with van der Waals surface area (Å²) < 4.78 is 4.94. The van der Waals surface area contributed by atoms with Crippen molar-refractivity contribution in [1.29, 1.82) is 0 Å². The van der Waals surface area contributed by atoms with Crippen LogP contribution in [-0.4, -0.2) is 22.8 Å². The smallest absolute Gasteiger partial charge is 0.323 e. The lowest BCUT2D eigenvalue weighted by molar-refractivity contribution is -0.384. The van der Waals surface area contributed by atoms with Crippen LogP contribution in [0.2, 0.25) is 0 Å². The first kappa shape index (κ1) is 19.0. The maximum absolute atomic E-state index is 11.5. The van der Waals surface area contributed by atoms with Gasteiger partial charge in [-0.05, 0) is 24.1 Å². The third kappa shape index (κ3) is 6.82. The summed E-state index contributed by atoms with van der Waals surface area (Å²) in [5.74, 6) is -1.19. The van der Waals surface area contributed by atoms with Crippen LogP contribution in [0.1, 0.15) is 18.4 Å². The SMILES string of the molecule is Br.NC(=O)CC[C@H](N)C(=O)OCc1ccc([N+](=O)[O-])cc1. The molecular formula is C12H16BrN3O5. The van der Waals surface area contributed by atoms with Crippen LogP contribution >= 0.6 is 17.0 Å². The molecule has 0 radical (unpaired) electrons. The van der Waals surface area contributed by atoms with Crippen LogP contribution in [0.5, 0.6) is 0 Å². The van der Waals surface area contributed by atoms with E-state index >= 15 is 0 Å². The summed E-state index contributed by atoms with van der Waals surface area (Å²) >= 11 is 0. The number of nitro groups is 1. The molecule has 0 aliphatic heterocycles. The molecule has 0 aliphatic rings. The molecule has 1 amide bonds. The number of non-ortho nitro benzene ring substituents is 1. The first-order valence-electron chi connectivity index (χ1n) is 5.84. The molecule has 1 aromatic carbocycles. The molecule has 0 spiro atoms. The summed E-state index contributed by atoms with van der Waals surface area (Å²) in [5.41, 5.74) is 11.0. The Labute approximate surface area is 131 Å². The van der Waals surface area contributed by atoms with Gasteiger partial charge in [-0.2, -0.15) is 0 Å². The van der Waals surface area contributed by atoms with Crippen molar-refractivity contribution in [2.75, 3.05) is 0 Å². The molecule has 0 aliphatic carbocycles. The summed E-state index contributed by atoms with van der Waals surface area (Å²) in [7, 11) is 0. The Kier molecular flexibility index (Phi) is 8.17. The number of primary amides is 1. The fourth-order valence-electron chi connectivity index (χ4n) is 1.39. The fraction of sp³-hybridized carbons (Fsp3) is 0.333. The van der Waals surface area contributed by atoms with E-state index in [1.54, 1.807) is 0 Å². The van der Waals surface area contributed by atoms with E-state index in [1.165, 1.54) is 24.3 Å². The number of carbonyl (C=O) groups is 2. The molecule has 0 bridgehead atoms. The molecule has 9 heteroatoms. The number of carbonyl (C=O) groups excluding carboxylic acids is 2. The average molecular weight is 362 g/mol. The standard InChI is InChI=1S/C12H15N3O5.BrH/c13-10(5-6-11(14)16)12(17)20-7-8-1-3-9(4-2-8)15(18)19;/h1-4,10H,5-7,13H2,(H2,14,16);1H/t10-;/m0./s1. The van der Waals surface area contributed by atoms with E-state index < -0.39 is 22.8 Å². The van der Waals surface area contributed by atoms with E-state index in [0.717, 1.165) is 0 Å². The summed E-state index contributed by atoms with van der Waals surface area (Å²) in [6.07, 6.45) is 0.127. The van der Waals surface area contributed by atoms with Gasteiger partial charge in [0.05, 0.1) is 4.92 Å². The van der Waals surface area contributed by atoms with Crippen LogP contribution in [0.25, 0.3) is 0 Å². The van der Waals surface area contributed by atoms with E-state index in [4.69, 9.17) is 16.2 Å². The number of halogens is 1. The topological polar surface area (TPSA) is 139 Å². The Morgan fingerprint density at radius 2 is 1.86 bits per heavy atom. The lowest BCUT2D eigenvalue weighted by Crippen LogP contribution is -2.33. The van der Waals surface area contributed by atoms with Gasteiger partial charge >= 0.3 is 5.97 Å². The highest BCUT2D eigenvalue weighted by Crippen LogP contribution is 2.12. The molecule has 1 atom stereocenters. The quantitative estimate of drug-likeness (QED) is 0.418. The molecule has 0 saturated heterocycles. The van der Waals surface area contributed by atoms with Crippen LogP contribution in [0.15, 0.2) is 24.3 Å². The van der Waals surface area contributed by atoms with Crippen LogP contribution in [-0.2, 0) is 20.9 Å². The van der Waals surface area contributed by atoms with Crippen LogP contribution in [0.3, 0.4) is 0 Å². The number of benzene rings is 1. The minimum absolute atomic E-state index is 0. The summed E-state index contributed by atoms with van der Waals surface area (Å²) in [6, 6.07) is 4.69. The van der Waals surface area contributed by atoms with Crippen LogP contribution in [0.4, 0.5) is 5.69 Å². The Hall–Kier alpha value is -2.00. The number of rotatable bonds is 7. The third-order valence-electron chi connectivity index (χ3n) is 2.53. The maximum Gasteiger partial charge on any atom is 0.323 e. The van der Waals surface area contributed by atoms with Gasteiger partial charge in [0.2, 0.25) is 5.91 Å². The lowest BCUT2D eigenvalue weighted by Gasteiger charge is -2.10. The number of nitrogens with zero attached hydrogens (tertiary/aromatic N) is 1. The zero-order valence-electron chi connectivity index (χ0n) is 11.1. The van der Waals surface area contributed by atoms with Crippen molar-refractivity contribution in [2.24, 2.45) is 11.5 Å². The van der Waals surface area contributed by atoms with E-state index in [-0.39, 0.29) is 42.1 Å². The van der Waals surface area contributed by atoms with Crippen molar-refractivity contribution in [2.45, 2.75) is 25.5 Å². The van der Waals surface area contributed by atoms with E-state index in [9.17, 15) is 19.7 Å². The highest BCUT2D eigenvalue weighted by molar-refractivity contribution is 8.93. The first-order valence-corrected chi connectivity index (χ1v) is 5.84. The highest BCUT2D eigenvalue weighted by atomic mass is 79.9. The molecule has 4 N–H and O–H groups in total. The maximum atomic E-state index is 11.5. The van der Waals surface area contributed by atoms with Crippen molar-refractivity contribution in [1.82, 2.24) is 0 Å². The fourth-order valence-corrected chi connectivity index (χ4v) is 1.39. The normalized spacial score (nSPS) is 11.1. The zero-order valence-corrected chi connectivity index (χ0v) is 12.8. The van der Waals surface area contributed by atoms with Gasteiger partial charge in [-0.25, -0.2) is 0 Å². The number of esters is 1. The molecule has 0 unspecified atom stereocenters. The number of nitrogens with two attached hydrogens (primary N) is 2. The Bertz CT molecular complexity index is 506. The predicted molar refractivity (Wildman–Crippen MR) is 79.6 cm³/mol. The molecule has 0 heterocycles. The van der Waals surface area contributed by atoms with E-state index in [0.29, 0.717) is 5.56 Å². The monoisotopic (exact) mass is 361 g/mol. The molecule has 0 saturated carbocycles. The minimum atomic E-state index is -0.916. The Balaban J connectivity index is 0.00000400. The Morgan fingerprint density at radius 3 is 2.33 bits per heavy atom. The van der Waals surface area contributed by atoms with E-state index in [1.807, 2.05) is 0 Å². The molecule has 1 rings (SSSR count). The van der Waals surface area contributed by atoms with Gasteiger partial charge < -0.3 is 16.2 Å². The van der Waals surface area contributed by atoms with Gasteiger partial charge in [-0.3, -0.25) is 19.7 Å². The van der Waals surface area contributed by atoms with Gasteiger partial charge in [0, 0.05) is 18.6 Å². The predicted octanol–water partition coefficient (Wildman–Crippen LogP) is 0.809. The summed E-state index contributed by atoms with van der Waals surface area (Å²) in [6.45, 7) is -0.0406.